The SMILES string of the molecule is CCCCOCCOCCOCCN1CCC(NC)CC1. The van der Waals surface area contributed by atoms with Crippen LogP contribution in [-0.2, 0) is 14.2 Å². The van der Waals surface area contributed by atoms with Gasteiger partial charge in [-0.2, -0.15) is 0 Å². The molecule has 1 N–H and O–H groups in total. The van der Waals surface area contributed by atoms with Crippen molar-refractivity contribution < 1.29 is 14.2 Å². The summed E-state index contributed by atoms with van der Waals surface area (Å²) in [6.07, 6.45) is 4.81. The molecule has 126 valence electrons. The molecule has 1 aliphatic rings. The summed E-state index contributed by atoms with van der Waals surface area (Å²) in [7, 11) is 2.05. The molecule has 0 aromatic rings. The maximum atomic E-state index is 5.61. The average molecular weight is 302 g/mol. The Hall–Kier alpha value is -0.200. The van der Waals surface area contributed by atoms with E-state index in [1.54, 1.807) is 0 Å². The number of nitrogens with one attached hydrogen (secondary N) is 1. The molecule has 0 spiro atoms. The molecule has 1 fully saturated rings. The zero-order valence-electron chi connectivity index (χ0n) is 13.9. The van der Waals surface area contributed by atoms with E-state index < -0.39 is 0 Å². The maximum Gasteiger partial charge on any atom is 0.0701 e. The first-order valence-corrected chi connectivity index (χ1v) is 8.49. The van der Waals surface area contributed by atoms with E-state index in [-0.39, 0.29) is 0 Å². The first-order valence-electron chi connectivity index (χ1n) is 8.49. The Morgan fingerprint density at radius 1 is 0.905 bits per heavy atom. The van der Waals surface area contributed by atoms with E-state index in [0.29, 0.717) is 32.5 Å². The second-order valence-corrected chi connectivity index (χ2v) is 5.60. The summed E-state index contributed by atoms with van der Waals surface area (Å²) in [6, 6.07) is 0.704. The molecule has 0 unspecified atom stereocenters. The Morgan fingerprint density at radius 3 is 2.05 bits per heavy atom. The monoisotopic (exact) mass is 302 g/mol. The molecule has 1 aliphatic heterocycles. The quantitative estimate of drug-likeness (QED) is 0.523. The minimum Gasteiger partial charge on any atom is -0.379 e. The van der Waals surface area contributed by atoms with Crippen LogP contribution in [0.15, 0.2) is 0 Å². The Labute approximate surface area is 130 Å². The molecule has 0 bridgehead atoms. The molecule has 0 saturated carbocycles. The maximum absolute atomic E-state index is 5.61. The Morgan fingerprint density at radius 2 is 1.48 bits per heavy atom. The van der Waals surface area contributed by atoms with Crippen molar-refractivity contribution in [1.29, 1.82) is 0 Å². The van der Waals surface area contributed by atoms with Crippen molar-refractivity contribution >= 4 is 0 Å². The van der Waals surface area contributed by atoms with E-state index in [1.165, 1.54) is 32.4 Å². The van der Waals surface area contributed by atoms with Gasteiger partial charge in [0.25, 0.3) is 0 Å². The third-order valence-corrected chi connectivity index (χ3v) is 3.93. The summed E-state index contributed by atoms with van der Waals surface area (Å²) in [6.45, 7) is 9.94. The van der Waals surface area contributed by atoms with Gasteiger partial charge in [0, 0.05) is 19.2 Å². The molecule has 1 rings (SSSR count). The van der Waals surface area contributed by atoms with Gasteiger partial charge in [-0.25, -0.2) is 0 Å². The summed E-state index contributed by atoms with van der Waals surface area (Å²) < 4.78 is 16.5. The van der Waals surface area contributed by atoms with Crippen molar-refractivity contribution in [2.75, 3.05) is 66.3 Å². The standard InChI is InChI=1S/C16H34N2O3/c1-3-4-10-19-12-14-21-15-13-20-11-9-18-7-5-16(17-2)6-8-18/h16-17H,3-15H2,1-2H3. The van der Waals surface area contributed by atoms with Gasteiger partial charge in [0.1, 0.15) is 0 Å². The molecule has 0 aromatic heterocycles. The number of likely N-dealkylation sites (tertiary alicyclic amines) is 1. The Kier molecular flexibility index (Phi) is 12.1. The van der Waals surface area contributed by atoms with Crippen LogP contribution in [-0.4, -0.2) is 77.3 Å². The van der Waals surface area contributed by atoms with Gasteiger partial charge in [0.15, 0.2) is 0 Å². The van der Waals surface area contributed by atoms with Crippen molar-refractivity contribution in [3.63, 3.8) is 0 Å². The van der Waals surface area contributed by atoms with Crippen LogP contribution in [0.4, 0.5) is 0 Å². The summed E-state index contributed by atoms with van der Waals surface area (Å²) in [4.78, 5) is 2.48. The number of nitrogens with zero attached hydrogens (tertiary/aromatic N) is 1. The van der Waals surface area contributed by atoms with Crippen LogP contribution < -0.4 is 5.32 Å². The van der Waals surface area contributed by atoms with E-state index in [4.69, 9.17) is 14.2 Å². The Bertz CT molecular complexity index is 222. The number of unbranched alkanes of at least 4 members (excludes halogenated alkanes) is 1. The summed E-state index contributed by atoms with van der Waals surface area (Å²) in [5.41, 5.74) is 0. The van der Waals surface area contributed by atoms with Crippen molar-refractivity contribution in [2.24, 2.45) is 0 Å². The highest BCUT2D eigenvalue weighted by atomic mass is 16.5. The predicted molar refractivity (Wildman–Crippen MR) is 85.9 cm³/mol. The fraction of sp³-hybridized carbons (Fsp3) is 1.00. The molecule has 1 heterocycles. The first-order chi connectivity index (χ1) is 10.4. The molecule has 5 heteroatoms. The lowest BCUT2D eigenvalue weighted by Gasteiger charge is -2.31. The first kappa shape index (κ1) is 18.8. The molecular weight excluding hydrogens is 268 g/mol. The second kappa shape index (κ2) is 13.5. The lowest BCUT2D eigenvalue weighted by atomic mass is 10.1. The van der Waals surface area contributed by atoms with Gasteiger partial charge in [-0.3, -0.25) is 0 Å². The summed E-state index contributed by atoms with van der Waals surface area (Å²) in [5.74, 6) is 0. The molecule has 0 amide bonds. The van der Waals surface area contributed by atoms with Gasteiger partial charge in [-0.15, -0.1) is 0 Å². The van der Waals surface area contributed by atoms with E-state index >= 15 is 0 Å². The minimum absolute atomic E-state index is 0.666. The fourth-order valence-electron chi connectivity index (χ4n) is 2.43. The topological polar surface area (TPSA) is 43.0 Å². The lowest BCUT2D eigenvalue weighted by Crippen LogP contribution is -2.42. The highest BCUT2D eigenvalue weighted by Gasteiger charge is 2.16. The number of hydrogen-bond donors (Lipinski definition) is 1. The average Bonchev–Trinajstić information content (AvgIpc) is 2.53. The zero-order chi connectivity index (χ0) is 15.2. The molecule has 0 radical (unpaired) electrons. The van der Waals surface area contributed by atoms with Gasteiger partial charge >= 0.3 is 0 Å². The smallest absolute Gasteiger partial charge is 0.0701 e. The van der Waals surface area contributed by atoms with E-state index in [0.717, 1.165) is 26.2 Å². The van der Waals surface area contributed by atoms with Gasteiger partial charge in [0.2, 0.25) is 0 Å². The van der Waals surface area contributed by atoms with Crippen LogP contribution >= 0.6 is 0 Å². The van der Waals surface area contributed by atoms with Gasteiger partial charge < -0.3 is 24.4 Å². The number of hydrogen-bond acceptors (Lipinski definition) is 5. The normalized spacial score (nSPS) is 17.4. The number of rotatable bonds is 13. The number of piperidine rings is 1. The molecule has 0 aromatic carbocycles. The van der Waals surface area contributed by atoms with Gasteiger partial charge in [-0.1, -0.05) is 13.3 Å². The zero-order valence-corrected chi connectivity index (χ0v) is 13.9. The van der Waals surface area contributed by atoms with Crippen molar-refractivity contribution in [3.8, 4) is 0 Å². The second-order valence-electron chi connectivity index (χ2n) is 5.60. The van der Waals surface area contributed by atoms with E-state index in [1.807, 2.05) is 0 Å². The van der Waals surface area contributed by atoms with Crippen LogP contribution in [0.25, 0.3) is 0 Å². The lowest BCUT2D eigenvalue weighted by molar-refractivity contribution is 0.00900. The van der Waals surface area contributed by atoms with Crippen LogP contribution in [0.5, 0.6) is 0 Å². The molecule has 5 nitrogen and oxygen atoms in total. The van der Waals surface area contributed by atoms with Crippen molar-refractivity contribution in [1.82, 2.24) is 10.2 Å². The molecule has 0 atom stereocenters. The summed E-state index contributed by atoms with van der Waals surface area (Å²) in [5, 5.41) is 3.35. The van der Waals surface area contributed by atoms with Gasteiger partial charge in [0.05, 0.1) is 33.0 Å². The highest BCUT2D eigenvalue weighted by molar-refractivity contribution is 4.75. The highest BCUT2D eigenvalue weighted by Crippen LogP contribution is 2.08. The predicted octanol–water partition coefficient (Wildman–Crippen LogP) is 1.52. The minimum atomic E-state index is 0.666. The largest absolute Gasteiger partial charge is 0.379 e. The van der Waals surface area contributed by atoms with Crippen molar-refractivity contribution in [2.45, 2.75) is 38.6 Å². The third kappa shape index (κ3) is 10.2. The van der Waals surface area contributed by atoms with Gasteiger partial charge in [-0.05, 0) is 39.4 Å². The third-order valence-electron chi connectivity index (χ3n) is 3.93. The number of ether oxygens (including phenoxy) is 3. The molecule has 21 heavy (non-hydrogen) atoms. The van der Waals surface area contributed by atoms with Crippen LogP contribution in [0.1, 0.15) is 32.6 Å². The molecule has 1 saturated heterocycles. The van der Waals surface area contributed by atoms with Crippen LogP contribution in [0.3, 0.4) is 0 Å². The summed E-state index contributed by atoms with van der Waals surface area (Å²) >= 11 is 0. The Balaban J connectivity index is 1.77. The van der Waals surface area contributed by atoms with E-state index in [2.05, 4.69) is 24.2 Å². The van der Waals surface area contributed by atoms with E-state index in [9.17, 15) is 0 Å². The van der Waals surface area contributed by atoms with Crippen LogP contribution in [0, 0.1) is 0 Å². The van der Waals surface area contributed by atoms with Crippen molar-refractivity contribution in [3.05, 3.63) is 0 Å². The van der Waals surface area contributed by atoms with Crippen LogP contribution in [0.2, 0.25) is 0 Å². The molecule has 0 aliphatic carbocycles. The molecular formula is C16H34N2O3. The fourth-order valence-corrected chi connectivity index (χ4v) is 2.43.